The maximum Gasteiger partial charge on any atom is 0.138 e. The number of ketones is 1. The van der Waals surface area contributed by atoms with E-state index in [2.05, 4.69) is 0 Å². The maximum atomic E-state index is 11.1. The summed E-state index contributed by atoms with van der Waals surface area (Å²) in [5, 5.41) is 0. The van der Waals surface area contributed by atoms with E-state index < -0.39 is 0 Å². The summed E-state index contributed by atoms with van der Waals surface area (Å²) in [6, 6.07) is 0. The van der Waals surface area contributed by atoms with Crippen LogP contribution in [-0.2, 0) is 9.53 Å². The average molecular weight is 142 g/mol. The molecule has 2 atom stereocenters. The molecule has 1 aliphatic rings. The molecule has 1 aliphatic heterocycles. The van der Waals surface area contributed by atoms with E-state index >= 15 is 0 Å². The molecule has 0 radical (unpaired) electrons. The van der Waals surface area contributed by atoms with Crippen LogP contribution in [0.1, 0.15) is 27.2 Å². The van der Waals surface area contributed by atoms with Crippen LogP contribution in [0.25, 0.3) is 0 Å². The van der Waals surface area contributed by atoms with E-state index in [9.17, 15) is 4.79 Å². The molecular formula is C8H14O2. The van der Waals surface area contributed by atoms with Crippen LogP contribution in [0.15, 0.2) is 0 Å². The van der Waals surface area contributed by atoms with Crippen LogP contribution in [0.2, 0.25) is 0 Å². The summed E-state index contributed by atoms with van der Waals surface area (Å²) in [7, 11) is 0. The molecule has 0 N–H and O–H groups in total. The third-order valence-electron chi connectivity index (χ3n) is 1.88. The minimum atomic E-state index is 0.163. The van der Waals surface area contributed by atoms with Crippen molar-refractivity contribution in [1.29, 1.82) is 0 Å². The molecule has 0 spiro atoms. The fourth-order valence-electron chi connectivity index (χ4n) is 0.878. The van der Waals surface area contributed by atoms with Gasteiger partial charge in [0, 0.05) is 12.3 Å². The van der Waals surface area contributed by atoms with E-state index in [4.69, 9.17) is 4.74 Å². The van der Waals surface area contributed by atoms with Gasteiger partial charge >= 0.3 is 0 Å². The Labute approximate surface area is 61.6 Å². The fraction of sp³-hybridized carbons (Fsp3) is 0.875. The van der Waals surface area contributed by atoms with Crippen LogP contribution in [0.5, 0.6) is 0 Å². The van der Waals surface area contributed by atoms with Crippen molar-refractivity contribution in [2.75, 3.05) is 0 Å². The quantitative estimate of drug-likeness (QED) is 0.557. The molecule has 0 aromatic heterocycles. The van der Waals surface area contributed by atoms with Gasteiger partial charge in [0.1, 0.15) is 5.78 Å². The van der Waals surface area contributed by atoms with Crippen molar-refractivity contribution in [3.8, 4) is 0 Å². The zero-order valence-electron chi connectivity index (χ0n) is 6.76. The second kappa shape index (κ2) is 2.70. The molecule has 2 nitrogen and oxygen atoms in total. The van der Waals surface area contributed by atoms with Crippen LogP contribution < -0.4 is 0 Å². The van der Waals surface area contributed by atoms with Gasteiger partial charge in [0.15, 0.2) is 0 Å². The summed E-state index contributed by atoms with van der Waals surface area (Å²) in [6.07, 6.45) is 1.16. The Morgan fingerprint density at radius 1 is 1.60 bits per heavy atom. The van der Waals surface area contributed by atoms with Crippen LogP contribution in [0.3, 0.4) is 0 Å². The van der Waals surface area contributed by atoms with Crippen LogP contribution in [0, 0.1) is 5.92 Å². The molecule has 0 aliphatic carbocycles. The molecule has 0 saturated carbocycles. The highest BCUT2D eigenvalue weighted by Crippen LogP contribution is 2.25. The number of hydrogen-bond donors (Lipinski definition) is 0. The molecule has 2 unspecified atom stereocenters. The molecular weight excluding hydrogens is 128 g/mol. The van der Waals surface area contributed by atoms with Gasteiger partial charge in [-0.15, -0.1) is 0 Å². The van der Waals surface area contributed by atoms with E-state index in [1.807, 2.05) is 20.8 Å². The second-order valence-electron chi connectivity index (χ2n) is 3.20. The van der Waals surface area contributed by atoms with E-state index in [0.717, 1.165) is 0 Å². The fourth-order valence-corrected chi connectivity index (χ4v) is 0.878. The molecule has 10 heavy (non-hydrogen) atoms. The first-order chi connectivity index (χ1) is 4.61. The number of hydrogen-bond acceptors (Lipinski definition) is 2. The minimum absolute atomic E-state index is 0.163. The van der Waals surface area contributed by atoms with Crippen LogP contribution in [0.4, 0.5) is 0 Å². The first kappa shape index (κ1) is 7.73. The third-order valence-corrected chi connectivity index (χ3v) is 1.88. The Bertz CT molecular complexity index is 140. The molecule has 0 aromatic carbocycles. The summed E-state index contributed by atoms with van der Waals surface area (Å²) in [4.78, 5) is 11.1. The van der Waals surface area contributed by atoms with Gasteiger partial charge in [0.2, 0.25) is 0 Å². The lowest BCUT2D eigenvalue weighted by Crippen LogP contribution is -2.10. The SMILES string of the molecule is CC(C)C(=O)CC1OC1C. The van der Waals surface area contributed by atoms with Gasteiger partial charge in [-0.3, -0.25) is 4.79 Å². The number of carbonyl (C=O) groups is 1. The summed E-state index contributed by atoms with van der Waals surface area (Å²) in [5.41, 5.74) is 0. The predicted octanol–water partition coefficient (Wildman–Crippen LogP) is 1.39. The zero-order valence-corrected chi connectivity index (χ0v) is 6.76. The Morgan fingerprint density at radius 2 is 2.10 bits per heavy atom. The average Bonchev–Trinajstić information content (AvgIpc) is 2.46. The Morgan fingerprint density at radius 3 is 2.40 bits per heavy atom. The van der Waals surface area contributed by atoms with E-state index in [0.29, 0.717) is 18.3 Å². The van der Waals surface area contributed by atoms with Gasteiger partial charge in [0.05, 0.1) is 12.2 Å². The normalized spacial score (nSPS) is 30.8. The molecule has 58 valence electrons. The number of Topliss-reactive ketones (excluding diaryl/α,β-unsaturated/α-hetero) is 1. The van der Waals surface area contributed by atoms with Crippen molar-refractivity contribution in [3.63, 3.8) is 0 Å². The molecule has 0 aromatic rings. The zero-order chi connectivity index (χ0) is 7.72. The van der Waals surface area contributed by atoms with Crippen molar-refractivity contribution in [2.45, 2.75) is 39.4 Å². The highest BCUT2D eigenvalue weighted by atomic mass is 16.6. The number of carbonyl (C=O) groups excluding carboxylic acids is 1. The summed E-state index contributed by atoms with van der Waals surface area (Å²) in [6.45, 7) is 5.85. The van der Waals surface area contributed by atoms with Gasteiger partial charge in [-0.05, 0) is 6.92 Å². The molecule has 1 fully saturated rings. The van der Waals surface area contributed by atoms with Crippen molar-refractivity contribution in [2.24, 2.45) is 5.92 Å². The topological polar surface area (TPSA) is 29.6 Å². The summed E-state index contributed by atoms with van der Waals surface area (Å²) < 4.78 is 5.12. The van der Waals surface area contributed by atoms with Crippen molar-refractivity contribution >= 4 is 5.78 Å². The lowest BCUT2D eigenvalue weighted by molar-refractivity contribution is -0.122. The highest BCUT2D eigenvalue weighted by molar-refractivity contribution is 5.81. The monoisotopic (exact) mass is 142 g/mol. The lowest BCUT2D eigenvalue weighted by atomic mass is 10.0. The standard InChI is InChI=1S/C8H14O2/c1-5(2)7(9)4-8-6(3)10-8/h5-6,8H,4H2,1-3H3. The molecule has 1 saturated heterocycles. The number of rotatable bonds is 3. The maximum absolute atomic E-state index is 11.1. The smallest absolute Gasteiger partial charge is 0.138 e. The van der Waals surface area contributed by atoms with Crippen molar-refractivity contribution in [3.05, 3.63) is 0 Å². The minimum Gasteiger partial charge on any atom is -0.369 e. The Kier molecular flexibility index (Phi) is 2.09. The number of epoxide rings is 1. The lowest BCUT2D eigenvalue weighted by Gasteiger charge is -1.99. The molecule has 0 amide bonds. The van der Waals surface area contributed by atoms with Crippen molar-refractivity contribution in [1.82, 2.24) is 0 Å². The third kappa shape index (κ3) is 1.81. The van der Waals surface area contributed by atoms with E-state index in [-0.39, 0.29) is 12.0 Å². The summed E-state index contributed by atoms with van der Waals surface area (Å²) >= 11 is 0. The molecule has 0 bridgehead atoms. The first-order valence-corrected chi connectivity index (χ1v) is 3.79. The Balaban J connectivity index is 2.20. The van der Waals surface area contributed by atoms with Gasteiger partial charge in [-0.2, -0.15) is 0 Å². The molecule has 1 rings (SSSR count). The Hall–Kier alpha value is -0.370. The largest absolute Gasteiger partial charge is 0.369 e. The highest BCUT2D eigenvalue weighted by Gasteiger charge is 2.36. The second-order valence-corrected chi connectivity index (χ2v) is 3.20. The van der Waals surface area contributed by atoms with E-state index in [1.165, 1.54) is 0 Å². The summed E-state index contributed by atoms with van der Waals surface area (Å²) in [5.74, 6) is 0.478. The number of ether oxygens (including phenoxy) is 1. The van der Waals surface area contributed by atoms with Crippen LogP contribution in [-0.4, -0.2) is 18.0 Å². The first-order valence-electron chi connectivity index (χ1n) is 3.79. The van der Waals surface area contributed by atoms with Gasteiger partial charge in [0.25, 0.3) is 0 Å². The predicted molar refractivity (Wildman–Crippen MR) is 38.8 cm³/mol. The van der Waals surface area contributed by atoms with Gasteiger partial charge < -0.3 is 4.74 Å². The van der Waals surface area contributed by atoms with Crippen molar-refractivity contribution < 1.29 is 9.53 Å². The van der Waals surface area contributed by atoms with Crippen LogP contribution >= 0.6 is 0 Å². The molecule has 2 heteroatoms. The van der Waals surface area contributed by atoms with Gasteiger partial charge in [-0.25, -0.2) is 0 Å². The molecule has 1 heterocycles. The van der Waals surface area contributed by atoms with Gasteiger partial charge in [-0.1, -0.05) is 13.8 Å². The van der Waals surface area contributed by atoms with E-state index in [1.54, 1.807) is 0 Å².